The van der Waals surface area contributed by atoms with Gasteiger partial charge in [-0.25, -0.2) is 9.50 Å². The van der Waals surface area contributed by atoms with Gasteiger partial charge < -0.3 is 19.3 Å². The summed E-state index contributed by atoms with van der Waals surface area (Å²) >= 11 is 0. The van der Waals surface area contributed by atoms with Crippen molar-refractivity contribution in [1.82, 2.24) is 24.4 Å². The number of hydrogen-bond donors (Lipinski definition) is 0. The van der Waals surface area contributed by atoms with Crippen LogP contribution >= 0.6 is 0 Å². The maximum absolute atomic E-state index is 13.7. The van der Waals surface area contributed by atoms with Gasteiger partial charge in [0.25, 0.3) is 0 Å². The summed E-state index contributed by atoms with van der Waals surface area (Å²) in [6.07, 6.45) is 9.48. The Morgan fingerprint density at radius 2 is 1.80 bits per heavy atom. The molecule has 10 nitrogen and oxygen atoms in total. The molecule has 4 aromatic rings. The third-order valence-corrected chi connectivity index (χ3v) is 10.7. The quantitative estimate of drug-likeness (QED) is 0.302. The van der Waals surface area contributed by atoms with Crippen molar-refractivity contribution in [3.63, 3.8) is 0 Å². The molecule has 5 saturated heterocycles. The van der Waals surface area contributed by atoms with E-state index in [4.69, 9.17) is 14.5 Å². The first-order valence-corrected chi connectivity index (χ1v) is 16.1. The first-order chi connectivity index (χ1) is 22.1. The molecule has 4 atom stereocenters. The number of morpholine rings is 1. The minimum absolute atomic E-state index is 0.223. The summed E-state index contributed by atoms with van der Waals surface area (Å²) in [5.41, 5.74) is 3.86. The van der Waals surface area contributed by atoms with Crippen molar-refractivity contribution in [2.75, 3.05) is 44.4 Å². The zero-order chi connectivity index (χ0) is 30.1. The topological polar surface area (TPSA) is 99.2 Å². The van der Waals surface area contributed by atoms with Crippen LogP contribution in [0.4, 0.5) is 5.82 Å². The van der Waals surface area contributed by atoms with Gasteiger partial charge in [0.05, 0.1) is 54.2 Å². The molecule has 8 heterocycles. The monoisotopic (exact) mass is 601 g/mol. The highest BCUT2D eigenvalue weighted by Crippen LogP contribution is 2.52. The van der Waals surface area contributed by atoms with E-state index in [1.165, 1.54) is 6.42 Å². The number of anilines is 1. The predicted molar refractivity (Wildman–Crippen MR) is 167 cm³/mol. The number of benzene rings is 1. The Bertz CT molecular complexity index is 1790. The van der Waals surface area contributed by atoms with E-state index in [0.717, 1.165) is 80.1 Å². The van der Waals surface area contributed by atoms with E-state index >= 15 is 0 Å². The van der Waals surface area contributed by atoms with Gasteiger partial charge in [-0.1, -0.05) is 30.3 Å². The molecule has 228 valence electrons. The number of pyridine rings is 2. The van der Waals surface area contributed by atoms with Crippen LogP contribution in [0.3, 0.4) is 0 Å². The smallest absolute Gasteiger partial charge is 0.233 e. The number of carbonyl (C=O) groups excluding carboxylic acids is 1. The van der Waals surface area contributed by atoms with Crippen LogP contribution in [-0.2, 0) is 14.9 Å². The predicted octanol–water partition coefficient (Wildman–Crippen LogP) is 3.64. The maximum atomic E-state index is 13.7. The Labute approximate surface area is 261 Å². The molecule has 10 heteroatoms. The molecule has 0 N–H and O–H groups in total. The lowest BCUT2D eigenvalue weighted by Gasteiger charge is -2.57. The number of nitrogens with zero attached hydrogens (tertiary/aromatic N) is 7. The zero-order valence-corrected chi connectivity index (χ0v) is 25.1. The van der Waals surface area contributed by atoms with Crippen LogP contribution in [0.2, 0.25) is 0 Å². The largest absolute Gasteiger partial charge is 0.491 e. The van der Waals surface area contributed by atoms with Crippen molar-refractivity contribution in [2.24, 2.45) is 0 Å². The molecule has 1 saturated carbocycles. The van der Waals surface area contributed by atoms with Gasteiger partial charge in [-0.05, 0) is 49.4 Å². The summed E-state index contributed by atoms with van der Waals surface area (Å²) in [6, 6.07) is 20.2. The van der Waals surface area contributed by atoms with E-state index in [2.05, 4.69) is 50.1 Å². The molecular formula is C35H35N7O3. The van der Waals surface area contributed by atoms with E-state index in [9.17, 15) is 10.1 Å². The van der Waals surface area contributed by atoms with Crippen molar-refractivity contribution in [1.29, 1.82) is 5.26 Å². The second-order valence-corrected chi connectivity index (χ2v) is 13.2. The highest BCUT2D eigenvalue weighted by molar-refractivity contribution is 5.92. The van der Waals surface area contributed by atoms with Crippen LogP contribution < -0.4 is 9.64 Å². The molecule has 1 amide bonds. The highest BCUT2D eigenvalue weighted by atomic mass is 16.5. The van der Waals surface area contributed by atoms with Crippen molar-refractivity contribution >= 4 is 17.2 Å². The number of ether oxygens (including phenoxy) is 2. The van der Waals surface area contributed by atoms with Crippen LogP contribution in [0.15, 0.2) is 67.1 Å². The lowest BCUT2D eigenvalue weighted by atomic mass is 9.83. The average Bonchev–Trinajstić information content (AvgIpc) is 3.80. The van der Waals surface area contributed by atoms with Crippen LogP contribution in [0.25, 0.3) is 16.6 Å². The molecule has 3 aromatic heterocycles. The minimum atomic E-state index is -0.317. The van der Waals surface area contributed by atoms with Gasteiger partial charge in [-0.15, -0.1) is 0 Å². The van der Waals surface area contributed by atoms with Crippen LogP contribution in [-0.4, -0.2) is 93.9 Å². The van der Waals surface area contributed by atoms with Crippen LogP contribution in [0, 0.1) is 11.3 Å². The van der Waals surface area contributed by atoms with Gasteiger partial charge in [0, 0.05) is 49.0 Å². The van der Waals surface area contributed by atoms with Crippen molar-refractivity contribution in [2.45, 2.75) is 55.3 Å². The van der Waals surface area contributed by atoms with Gasteiger partial charge in [-0.2, -0.15) is 10.4 Å². The van der Waals surface area contributed by atoms with Crippen molar-refractivity contribution < 1.29 is 14.3 Å². The maximum Gasteiger partial charge on any atom is 0.233 e. The molecule has 4 bridgehead atoms. The molecule has 0 spiro atoms. The molecule has 1 aliphatic carbocycles. The van der Waals surface area contributed by atoms with E-state index in [0.29, 0.717) is 35.9 Å². The highest BCUT2D eigenvalue weighted by Gasteiger charge is 2.58. The fourth-order valence-corrected chi connectivity index (χ4v) is 8.14. The molecule has 5 aliphatic heterocycles. The molecular weight excluding hydrogens is 566 g/mol. The van der Waals surface area contributed by atoms with Gasteiger partial charge in [0.1, 0.15) is 24.2 Å². The zero-order valence-electron chi connectivity index (χ0n) is 25.1. The van der Waals surface area contributed by atoms with E-state index < -0.39 is 0 Å². The Kier molecular flexibility index (Phi) is 6.15. The normalized spacial score (nSPS) is 26.1. The SMILES string of the molecule is N#Cc1cnn2cc(OCCN3C4COCC3C4)cc(-c3ccc(N4CC5CC(C4)N5C(=O)C4(c5ccccc5)CC4)nc3)c12. The van der Waals surface area contributed by atoms with Crippen molar-refractivity contribution in [3.8, 4) is 22.9 Å². The third kappa shape index (κ3) is 4.32. The second kappa shape index (κ2) is 10.3. The van der Waals surface area contributed by atoms with Gasteiger partial charge in [-0.3, -0.25) is 9.69 Å². The summed E-state index contributed by atoms with van der Waals surface area (Å²) in [5, 5.41) is 14.2. The summed E-state index contributed by atoms with van der Waals surface area (Å²) < 4.78 is 13.6. The van der Waals surface area contributed by atoms with Gasteiger partial charge in [0.15, 0.2) is 0 Å². The first-order valence-electron chi connectivity index (χ1n) is 16.1. The van der Waals surface area contributed by atoms with Crippen LogP contribution in [0.5, 0.6) is 5.75 Å². The summed E-state index contributed by atoms with van der Waals surface area (Å²) in [4.78, 5) is 25.6. The fourth-order valence-electron chi connectivity index (χ4n) is 8.14. The summed E-state index contributed by atoms with van der Waals surface area (Å²) in [5.74, 6) is 1.92. The number of amides is 1. The lowest BCUT2D eigenvalue weighted by Crippen LogP contribution is -2.71. The molecule has 0 radical (unpaired) electrons. The Morgan fingerprint density at radius 3 is 2.49 bits per heavy atom. The second-order valence-electron chi connectivity index (χ2n) is 13.2. The number of fused-ring (bicyclic) bond motifs is 5. The fraction of sp³-hybridized carbons (Fsp3) is 0.429. The van der Waals surface area contributed by atoms with E-state index in [-0.39, 0.29) is 17.5 Å². The number of piperidine rings is 1. The molecule has 6 aliphatic rings. The number of aromatic nitrogens is 3. The van der Waals surface area contributed by atoms with E-state index in [1.807, 2.05) is 36.7 Å². The Balaban J connectivity index is 0.910. The molecule has 4 unspecified atom stereocenters. The number of piperazine rings is 1. The number of hydrogen-bond acceptors (Lipinski definition) is 8. The number of rotatable bonds is 8. The number of nitriles is 1. The Morgan fingerprint density at radius 1 is 1.02 bits per heavy atom. The van der Waals surface area contributed by atoms with Gasteiger partial charge in [0.2, 0.25) is 5.91 Å². The number of carbonyl (C=O) groups is 1. The minimum Gasteiger partial charge on any atom is -0.491 e. The molecule has 10 rings (SSSR count). The summed E-state index contributed by atoms with van der Waals surface area (Å²) in [7, 11) is 0. The molecule has 6 fully saturated rings. The third-order valence-electron chi connectivity index (χ3n) is 10.7. The molecule has 1 aromatic carbocycles. The van der Waals surface area contributed by atoms with E-state index in [1.54, 1.807) is 10.7 Å². The Hall–Kier alpha value is -4.46. The summed E-state index contributed by atoms with van der Waals surface area (Å²) in [6.45, 7) is 4.63. The average molecular weight is 602 g/mol. The standard InChI is InChI=1S/C35H35N7O3/c36-15-24-17-38-41-20-30(45-11-10-40-28-13-29(40)22-44-21-28)14-31(33(24)41)23-6-7-32(37-16-23)39-18-26-12-27(19-39)42(26)34(43)35(8-9-35)25-4-2-1-3-5-25/h1-7,14,16-17,20,26-29H,8-13,18-19,21-22H2. The van der Waals surface area contributed by atoms with Crippen molar-refractivity contribution in [3.05, 3.63) is 78.2 Å². The lowest BCUT2D eigenvalue weighted by molar-refractivity contribution is -0.149. The first kappa shape index (κ1) is 26.9. The molecule has 45 heavy (non-hydrogen) atoms. The van der Waals surface area contributed by atoms with Crippen LogP contribution in [0.1, 0.15) is 36.8 Å². The van der Waals surface area contributed by atoms with Gasteiger partial charge >= 0.3 is 0 Å².